The van der Waals surface area contributed by atoms with E-state index in [1.54, 1.807) is 12.1 Å². The fraction of sp³-hybridized carbons (Fsp3) is 0.100. The Kier molecular flexibility index (Phi) is 4.26. The van der Waals surface area contributed by atoms with Crippen LogP contribution in [0.15, 0.2) is 59.4 Å². The number of H-pyrrole nitrogens is 1. The van der Waals surface area contributed by atoms with Crippen LogP contribution in [0.5, 0.6) is 5.75 Å². The number of nitrogens with zero attached hydrogens (tertiary/aromatic N) is 1. The smallest absolute Gasteiger partial charge is 0.260 e. The molecule has 0 atom stereocenters. The monoisotopic (exact) mass is 366 g/mol. The summed E-state index contributed by atoms with van der Waals surface area (Å²) >= 11 is 1.45. The van der Waals surface area contributed by atoms with Gasteiger partial charge in [0.25, 0.3) is 5.56 Å². The fourth-order valence-corrected chi connectivity index (χ4v) is 3.93. The van der Waals surface area contributed by atoms with Crippen LogP contribution >= 0.6 is 11.3 Å². The second-order valence-electron chi connectivity index (χ2n) is 5.83. The minimum absolute atomic E-state index is 0.179. The summed E-state index contributed by atoms with van der Waals surface area (Å²) in [6.45, 7) is 2.11. The van der Waals surface area contributed by atoms with E-state index in [2.05, 4.69) is 9.97 Å². The molecule has 4 rings (SSSR count). The van der Waals surface area contributed by atoms with Crippen molar-refractivity contribution in [1.29, 1.82) is 0 Å². The Hall–Kier alpha value is -2.99. The zero-order chi connectivity index (χ0) is 18.1. The number of rotatable bonds is 4. The molecule has 0 spiro atoms. The van der Waals surface area contributed by atoms with Gasteiger partial charge in [0.15, 0.2) is 0 Å². The first-order valence-electron chi connectivity index (χ1n) is 8.08. The van der Waals surface area contributed by atoms with Gasteiger partial charge in [0.2, 0.25) is 0 Å². The normalized spacial score (nSPS) is 11.0. The molecule has 2 heterocycles. The molecular weight excluding hydrogens is 351 g/mol. The van der Waals surface area contributed by atoms with Crippen molar-refractivity contribution in [3.05, 3.63) is 81.5 Å². The second-order valence-corrected chi connectivity index (χ2v) is 7.04. The molecular formula is C20H15FN2O2S. The first-order chi connectivity index (χ1) is 12.6. The van der Waals surface area contributed by atoms with Gasteiger partial charge in [0.1, 0.15) is 28.8 Å². The minimum atomic E-state index is -0.307. The number of fused-ring (bicyclic) bond motifs is 1. The van der Waals surface area contributed by atoms with Crippen LogP contribution in [-0.4, -0.2) is 9.97 Å². The predicted octanol–water partition coefficient (Wildman–Crippen LogP) is 4.68. The Morgan fingerprint density at radius 2 is 1.85 bits per heavy atom. The molecule has 130 valence electrons. The zero-order valence-electron chi connectivity index (χ0n) is 14.0. The number of thiophene rings is 1. The summed E-state index contributed by atoms with van der Waals surface area (Å²) in [6, 6.07) is 15.5. The molecule has 2 aromatic carbocycles. The molecule has 0 fully saturated rings. The van der Waals surface area contributed by atoms with Crippen molar-refractivity contribution >= 4 is 21.6 Å². The van der Waals surface area contributed by atoms with E-state index in [-0.39, 0.29) is 18.0 Å². The highest BCUT2D eigenvalue weighted by molar-refractivity contribution is 7.19. The molecule has 26 heavy (non-hydrogen) atoms. The number of hydrogen-bond donors (Lipinski definition) is 1. The van der Waals surface area contributed by atoms with Crippen molar-refractivity contribution in [2.24, 2.45) is 0 Å². The van der Waals surface area contributed by atoms with Gasteiger partial charge in [0, 0.05) is 10.4 Å². The van der Waals surface area contributed by atoms with E-state index >= 15 is 0 Å². The van der Waals surface area contributed by atoms with Gasteiger partial charge in [0.05, 0.1) is 5.39 Å². The summed E-state index contributed by atoms with van der Waals surface area (Å²) in [6.07, 6.45) is 0. The van der Waals surface area contributed by atoms with Crippen LogP contribution in [0.1, 0.15) is 10.7 Å². The minimum Gasteiger partial charge on any atom is -0.486 e. The topological polar surface area (TPSA) is 55.0 Å². The van der Waals surface area contributed by atoms with E-state index in [1.807, 2.05) is 37.3 Å². The van der Waals surface area contributed by atoms with E-state index in [0.29, 0.717) is 21.8 Å². The number of ether oxygens (including phenoxy) is 1. The Morgan fingerprint density at radius 3 is 2.58 bits per heavy atom. The molecule has 0 saturated heterocycles. The summed E-state index contributed by atoms with van der Waals surface area (Å²) in [5.74, 6) is 0.876. The van der Waals surface area contributed by atoms with Crippen molar-refractivity contribution in [2.45, 2.75) is 13.5 Å². The molecule has 4 aromatic rings. The van der Waals surface area contributed by atoms with Gasteiger partial charge in [-0.25, -0.2) is 9.37 Å². The van der Waals surface area contributed by atoms with E-state index < -0.39 is 0 Å². The molecule has 0 bridgehead atoms. The third kappa shape index (κ3) is 3.11. The molecule has 0 unspecified atom stereocenters. The number of hydrogen-bond acceptors (Lipinski definition) is 4. The van der Waals surface area contributed by atoms with E-state index in [4.69, 9.17) is 4.74 Å². The van der Waals surface area contributed by atoms with Crippen LogP contribution in [-0.2, 0) is 6.61 Å². The maximum absolute atomic E-state index is 13.2. The lowest BCUT2D eigenvalue weighted by Gasteiger charge is -2.06. The molecule has 6 heteroatoms. The van der Waals surface area contributed by atoms with Gasteiger partial charge >= 0.3 is 0 Å². The van der Waals surface area contributed by atoms with Crippen LogP contribution < -0.4 is 10.3 Å². The summed E-state index contributed by atoms with van der Waals surface area (Å²) in [4.78, 5) is 21.6. The number of benzene rings is 2. The number of nitrogens with one attached hydrogen (secondary N) is 1. The summed E-state index contributed by atoms with van der Waals surface area (Å²) < 4.78 is 18.9. The van der Waals surface area contributed by atoms with Crippen LogP contribution in [0.4, 0.5) is 4.39 Å². The molecule has 4 nitrogen and oxygen atoms in total. The van der Waals surface area contributed by atoms with Crippen molar-refractivity contribution < 1.29 is 9.13 Å². The van der Waals surface area contributed by atoms with Gasteiger partial charge in [-0.3, -0.25) is 4.79 Å². The standard InChI is InChI=1S/C20H15FN2O2S/c1-12-17(13-7-9-14(21)10-8-13)18-19(24)22-16(23-20(18)26-12)11-25-15-5-3-2-4-6-15/h2-10H,11H2,1H3,(H,22,23,24). The largest absolute Gasteiger partial charge is 0.486 e. The number of para-hydroxylation sites is 1. The van der Waals surface area contributed by atoms with Crippen LogP contribution in [0.25, 0.3) is 21.3 Å². The molecule has 0 amide bonds. The van der Waals surface area contributed by atoms with Gasteiger partial charge < -0.3 is 9.72 Å². The summed E-state index contributed by atoms with van der Waals surface area (Å²) in [7, 11) is 0. The maximum Gasteiger partial charge on any atom is 0.260 e. The van der Waals surface area contributed by atoms with Crippen molar-refractivity contribution in [2.75, 3.05) is 0 Å². The van der Waals surface area contributed by atoms with Gasteiger partial charge in [-0.05, 0) is 36.8 Å². The van der Waals surface area contributed by atoms with Gasteiger partial charge in [-0.1, -0.05) is 30.3 Å². The van der Waals surface area contributed by atoms with Crippen molar-refractivity contribution in [3.63, 3.8) is 0 Å². The second kappa shape index (κ2) is 6.72. The van der Waals surface area contributed by atoms with Gasteiger partial charge in [-0.2, -0.15) is 0 Å². The molecule has 0 aliphatic heterocycles. The highest BCUT2D eigenvalue weighted by atomic mass is 32.1. The van der Waals surface area contributed by atoms with Crippen molar-refractivity contribution in [1.82, 2.24) is 9.97 Å². The van der Waals surface area contributed by atoms with Crippen LogP contribution in [0.2, 0.25) is 0 Å². The Balaban J connectivity index is 1.72. The van der Waals surface area contributed by atoms with E-state index in [1.165, 1.54) is 23.5 Å². The highest BCUT2D eigenvalue weighted by Gasteiger charge is 2.16. The number of aromatic amines is 1. The first kappa shape index (κ1) is 16.5. The molecule has 0 saturated carbocycles. The van der Waals surface area contributed by atoms with Crippen LogP contribution in [0.3, 0.4) is 0 Å². The summed E-state index contributed by atoms with van der Waals surface area (Å²) in [5, 5.41) is 0.530. The lowest BCUT2D eigenvalue weighted by Crippen LogP contribution is -2.13. The van der Waals surface area contributed by atoms with E-state index in [0.717, 1.165) is 16.0 Å². The molecule has 2 aromatic heterocycles. The molecule has 1 N–H and O–H groups in total. The lowest BCUT2D eigenvalue weighted by atomic mass is 10.0. The molecule has 0 aliphatic rings. The molecule has 0 radical (unpaired) electrons. The third-order valence-electron chi connectivity index (χ3n) is 4.04. The Labute approximate surface area is 152 Å². The average molecular weight is 366 g/mol. The third-order valence-corrected chi connectivity index (χ3v) is 5.04. The number of halogens is 1. The molecule has 0 aliphatic carbocycles. The van der Waals surface area contributed by atoms with Crippen LogP contribution in [0, 0.1) is 12.7 Å². The predicted molar refractivity (Wildman–Crippen MR) is 101 cm³/mol. The first-order valence-corrected chi connectivity index (χ1v) is 8.89. The SMILES string of the molecule is Cc1sc2nc(COc3ccccc3)[nH]c(=O)c2c1-c1ccc(F)cc1. The average Bonchev–Trinajstić information content (AvgIpc) is 2.98. The fourth-order valence-electron chi connectivity index (χ4n) is 2.86. The van der Waals surface area contributed by atoms with Crippen molar-refractivity contribution in [3.8, 4) is 16.9 Å². The Bertz CT molecular complexity index is 1120. The maximum atomic E-state index is 13.2. The summed E-state index contributed by atoms with van der Waals surface area (Å²) in [5.41, 5.74) is 1.38. The Morgan fingerprint density at radius 1 is 1.12 bits per heavy atom. The quantitative estimate of drug-likeness (QED) is 0.571. The zero-order valence-corrected chi connectivity index (χ0v) is 14.8. The number of aryl methyl sites for hydroxylation is 1. The highest BCUT2D eigenvalue weighted by Crippen LogP contribution is 2.35. The lowest BCUT2D eigenvalue weighted by molar-refractivity contribution is 0.296. The van der Waals surface area contributed by atoms with E-state index in [9.17, 15) is 9.18 Å². The van der Waals surface area contributed by atoms with Gasteiger partial charge in [-0.15, -0.1) is 11.3 Å². The number of aromatic nitrogens is 2.